The Kier molecular flexibility index (Phi) is 5.76. The number of aliphatic hydroxyl groups excluding tert-OH is 1. The first-order valence-electron chi connectivity index (χ1n) is 7.86. The SMILES string of the molecule is CCC1COC(C)CN1CC(CO)(NC)c1ccccc1. The highest BCUT2D eigenvalue weighted by atomic mass is 16.5. The summed E-state index contributed by atoms with van der Waals surface area (Å²) in [5.41, 5.74) is 0.704. The van der Waals surface area contributed by atoms with Crippen molar-refractivity contribution in [3.05, 3.63) is 35.9 Å². The van der Waals surface area contributed by atoms with Crippen LogP contribution < -0.4 is 5.32 Å². The lowest BCUT2D eigenvalue weighted by atomic mass is 9.89. The third-order valence-electron chi connectivity index (χ3n) is 4.60. The van der Waals surface area contributed by atoms with Crippen molar-refractivity contribution >= 4 is 0 Å². The largest absolute Gasteiger partial charge is 0.394 e. The number of aliphatic hydroxyl groups is 1. The molecule has 1 aliphatic rings. The van der Waals surface area contributed by atoms with Gasteiger partial charge in [0.2, 0.25) is 0 Å². The normalized spacial score (nSPS) is 26.5. The number of hydrogen-bond acceptors (Lipinski definition) is 4. The van der Waals surface area contributed by atoms with Crippen molar-refractivity contribution in [2.75, 3.05) is 33.4 Å². The molecule has 1 heterocycles. The van der Waals surface area contributed by atoms with E-state index >= 15 is 0 Å². The number of morpholine rings is 1. The molecule has 1 aliphatic heterocycles. The molecule has 1 aromatic carbocycles. The number of ether oxygens (including phenoxy) is 1. The molecular weight excluding hydrogens is 264 g/mol. The summed E-state index contributed by atoms with van der Waals surface area (Å²) in [5, 5.41) is 13.4. The van der Waals surface area contributed by atoms with Gasteiger partial charge >= 0.3 is 0 Å². The number of nitrogens with zero attached hydrogens (tertiary/aromatic N) is 1. The molecule has 0 amide bonds. The van der Waals surface area contributed by atoms with Crippen molar-refractivity contribution in [1.82, 2.24) is 10.2 Å². The second-order valence-electron chi connectivity index (χ2n) is 5.99. The zero-order chi connectivity index (χ0) is 15.3. The van der Waals surface area contributed by atoms with Gasteiger partial charge in [-0.25, -0.2) is 0 Å². The van der Waals surface area contributed by atoms with Crippen LogP contribution in [0.5, 0.6) is 0 Å². The van der Waals surface area contributed by atoms with Crippen LogP contribution >= 0.6 is 0 Å². The van der Waals surface area contributed by atoms with Gasteiger partial charge in [-0.1, -0.05) is 37.3 Å². The maximum Gasteiger partial charge on any atom is 0.0795 e. The fourth-order valence-corrected chi connectivity index (χ4v) is 3.12. The van der Waals surface area contributed by atoms with Crippen LogP contribution in [0.3, 0.4) is 0 Å². The van der Waals surface area contributed by atoms with Gasteiger partial charge in [-0.2, -0.15) is 0 Å². The Hall–Kier alpha value is -0.940. The van der Waals surface area contributed by atoms with Gasteiger partial charge in [0, 0.05) is 19.1 Å². The number of benzene rings is 1. The molecule has 0 saturated carbocycles. The highest BCUT2D eigenvalue weighted by molar-refractivity contribution is 5.25. The van der Waals surface area contributed by atoms with E-state index in [0.29, 0.717) is 6.04 Å². The maximum atomic E-state index is 10.1. The number of rotatable bonds is 6. The fraction of sp³-hybridized carbons (Fsp3) is 0.647. The minimum Gasteiger partial charge on any atom is -0.394 e. The highest BCUT2D eigenvalue weighted by Gasteiger charge is 2.36. The van der Waals surface area contributed by atoms with Crippen LogP contribution in [0, 0.1) is 0 Å². The standard InChI is InChI=1S/C17H28N2O2/c1-4-16-11-21-14(2)10-19(16)12-17(13-20,18-3)15-8-6-5-7-9-15/h5-9,14,16,18,20H,4,10-13H2,1-3H3. The van der Waals surface area contributed by atoms with Gasteiger partial charge in [0.1, 0.15) is 0 Å². The molecule has 0 aliphatic carbocycles. The first-order valence-corrected chi connectivity index (χ1v) is 7.86. The van der Waals surface area contributed by atoms with E-state index in [2.05, 4.69) is 36.2 Å². The molecule has 0 radical (unpaired) electrons. The van der Waals surface area contributed by atoms with E-state index in [1.807, 2.05) is 25.2 Å². The number of nitrogens with one attached hydrogen (secondary N) is 1. The maximum absolute atomic E-state index is 10.1. The van der Waals surface area contributed by atoms with Crippen LogP contribution in [0.15, 0.2) is 30.3 Å². The molecule has 3 unspecified atom stereocenters. The molecule has 118 valence electrons. The summed E-state index contributed by atoms with van der Waals surface area (Å²) in [7, 11) is 1.92. The van der Waals surface area contributed by atoms with E-state index in [9.17, 15) is 5.11 Å². The zero-order valence-corrected chi connectivity index (χ0v) is 13.4. The Morgan fingerprint density at radius 3 is 2.67 bits per heavy atom. The summed E-state index contributed by atoms with van der Waals surface area (Å²) in [4.78, 5) is 2.45. The summed E-state index contributed by atoms with van der Waals surface area (Å²) < 4.78 is 5.77. The monoisotopic (exact) mass is 292 g/mol. The van der Waals surface area contributed by atoms with E-state index in [1.54, 1.807) is 0 Å². The van der Waals surface area contributed by atoms with Crippen molar-refractivity contribution < 1.29 is 9.84 Å². The minimum absolute atomic E-state index is 0.0791. The van der Waals surface area contributed by atoms with Crippen LogP contribution in [0.2, 0.25) is 0 Å². The molecule has 1 aromatic rings. The van der Waals surface area contributed by atoms with Crippen molar-refractivity contribution in [3.8, 4) is 0 Å². The fourth-order valence-electron chi connectivity index (χ4n) is 3.12. The molecule has 0 aromatic heterocycles. The quantitative estimate of drug-likeness (QED) is 0.836. The predicted octanol–water partition coefficient (Wildman–Crippen LogP) is 1.59. The topological polar surface area (TPSA) is 44.7 Å². The first-order chi connectivity index (χ1) is 10.1. The van der Waals surface area contributed by atoms with Gasteiger partial charge in [0.15, 0.2) is 0 Å². The van der Waals surface area contributed by atoms with Gasteiger partial charge in [-0.3, -0.25) is 4.90 Å². The smallest absolute Gasteiger partial charge is 0.0795 e. The molecule has 0 bridgehead atoms. The van der Waals surface area contributed by atoms with Crippen LogP contribution in [0.1, 0.15) is 25.8 Å². The first kappa shape index (κ1) is 16.4. The van der Waals surface area contributed by atoms with E-state index < -0.39 is 5.54 Å². The third-order valence-corrected chi connectivity index (χ3v) is 4.60. The lowest BCUT2D eigenvalue weighted by molar-refractivity contribution is -0.0682. The minimum atomic E-state index is -0.425. The van der Waals surface area contributed by atoms with Gasteiger partial charge in [0.05, 0.1) is 24.9 Å². The molecule has 4 heteroatoms. The predicted molar refractivity (Wildman–Crippen MR) is 85.3 cm³/mol. The van der Waals surface area contributed by atoms with Gasteiger partial charge in [0.25, 0.3) is 0 Å². The number of likely N-dealkylation sites (N-methyl/N-ethyl adjacent to an activating group) is 1. The molecule has 21 heavy (non-hydrogen) atoms. The lowest BCUT2D eigenvalue weighted by Gasteiger charge is -2.44. The summed E-state index contributed by atoms with van der Waals surface area (Å²) in [6.45, 7) is 6.86. The summed E-state index contributed by atoms with van der Waals surface area (Å²) in [6.07, 6.45) is 1.31. The second kappa shape index (κ2) is 7.36. The Labute approximate surface area is 128 Å². The average molecular weight is 292 g/mol. The molecule has 2 rings (SSSR count). The van der Waals surface area contributed by atoms with Gasteiger partial charge < -0.3 is 15.2 Å². The van der Waals surface area contributed by atoms with E-state index in [-0.39, 0.29) is 12.7 Å². The average Bonchev–Trinajstić information content (AvgIpc) is 2.54. The molecule has 3 atom stereocenters. The van der Waals surface area contributed by atoms with Crippen LogP contribution in [0.25, 0.3) is 0 Å². The molecule has 4 nitrogen and oxygen atoms in total. The van der Waals surface area contributed by atoms with Crippen molar-refractivity contribution in [3.63, 3.8) is 0 Å². The molecule has 1 fully saturated rings. The Balaban J connectivity index is 2.22. The van der Waals surface area contributed by atoms with Crippen LogP contribution in [-0.2, 0) is 10.3 Å². The summed E-state index contributed by atoms with van der Waals surface area (Å²) in [5.74, 6) is 0. The van der Waals surface area contributed by atoms with Gasteiger partial charge in [-0.15, -0.1) is 0 Å². The lowest BCUT2D eigenvalue weighted by Crippen LogP contribution is -2.58. The van der Waals surface area contributed by atoms with Crippen LogP contribution in [-0.4, -0.2) is 55.5 Å². The Morgan fingerprint density at radius 2 is 2.10 bits per heavy atom. The molecular formula is C17H28N2O2. The Morgan fingerprint density at radius 1 is 1.38 bits per heavy atom. The van der Waals surface area contributed by atoms with E-state index in [1.165, 1.54) is 0 Å². The van der Waals surface area contributed by atoms with Crippen molar-refractivity contribution in [1.29, 1.82) is 0 Å². The summed E-state index contributed by atoms with van der Waals surface area (Å²) in [6, 6.07) is 10.6. The van der Waals surface area contributed by atoms with Crippen molar-refractivity contribution in [2.24, 2.45) is 0 Å². The van der Waals surface area contributed by atoms with Gasteiger partial charge in [-0.05, 0) is 26.0 Å². The highest BCUT2D eigenvalue weighted by Crippen LogP contribution is 2.25. The molecule has 2 N–H and O–H groups in total. The third kappa shape index (κ3) is 3.64. The zero-order valence-electron chi connectivity index (χ0n) is 13.4. The molecule has 1 saturated heterocycles. The summed E-state index contributed by atoms with van der Waals surface area (Å²) >= 11 is 0. The molecule has 0 spiro atoms. The Bertz CT molecular complexity index is 420. The van der Waals surface area contributed by atoms with Crippen molar-refractivity contribution in [2.45, 2.75) is 38.0 Å². The van der Waals surface area contributed by atoms with E-state index in [0.717, 1.165) is 31.7 Å². The van der Waals surface area contributed by atoms with Crippen LogP contribution in [0.4, 0.5) is 0 Å². The van der Waals surface area contributed by atoms with E-state index in [4.69, 9.17) is 4.74 Å². The number of hydrogen-bond donors (Lipinski definition) is 2. The second-order valence-corrected chi connectivity index (χ2v) is 5.99.